The fourth-order valence-electron chi connectivity index (χ4n) is 1.42. The Morgan fingerprint density at radius 2 is 2.07 bits per heavy atom. The molecule has 0 N–H and O–H groups in total. The fraction of sp³-hybridized carbons (Fsp3) is 0.182. The highest BCUT2D eigenvalue weighted by atomic mass is 32.1. The first-order valence-corrected chi connectivity index (χ1v) is 5.48. The maximum absolute atomic E-state index is 10.1. The molecule has 15 heavy (non-hydrogen) atoms. The molecular weight excluding hydrogens is 208 g/mol. The van der Waals surface area contributed by atoms with Crippen LogP contribution in [0.25, 0.3) is 10.4 Å². The molecule has 3 nitrogen and oxygen atoms in total. The molecule has 0 bridgehead atoms. The zero-order valence-electron chi connectivity index (χ0n) is 8.30. The van der Waals surface area contributed by atoms with Gasteiger partial charge in [-0.1, -0.05) is 29.4 Å². The number of nitroso groups, excluding NO2 is 1. The van der Waals surface area contributed by atoms with Crippen LogP contribution in [0.1, 0.15) is 11.3 Å². The minimum atomic E-state index is 0.238. The third kappa shape index (κ3) is 2.10. The van der Waals surface area contributed by atoms with Gasteiger partial charge in [0.2, 0.25) is 0 Å². The summed E-state index contributed by atoms with van der Waals surface area (Å²) in [7, 11) is 0. The van der Waals surface area contributed by atoms with Crippen molar-refractivity contribution in [3.63, 3.8) is 0 Å². The van der Waals surface area contributed by atoms with Crippen LogP contribution in [0.5, 0.6) is 0 Å². The summed E-state index contributed by atoms with van der Waals surface area (Å²) in [6.45, 7) is 2.23. The molecule has 0 fully saturated rings. The first-order valence-electron chi connectivity index (χ1n) is 4.60. The molecule has 0 saturated carbocycles. The zero-order chi connectivity index (χ0) is 10.7. The van der Waals surface area contributed by atoms with Crippen LogP contribution in [0.4, 0.5) is 0 Å². The maximum Gasteiger partial charge on any atom is 0.106 e. The van der Waals surface area contributed by atoms with Gasteiger partial charge in [0, 0.05) is 0 Å². The largest absolute Gasteiger partial charge is 0.249 e. The van der Waals surface area contributed by atoms with Crippen molar-refractivity contribution >= 4 is 11.3 Å². The van der Waals surface area contributed by atoms with Crippen molar-refractivity contribution in [2.45, 2.75) is 13.5 Å². The van der Waals surface area contributed by atoms with E-state index < -0.39 is 0 Å². The van der Waals surface area contributed by atoms with Crippen molar-refractivity contribution in [3.8, 4) is 10.4 Å². The van der Waals surface area contributed by atoms with Gasteiger partial charge in [0.1, 0.15) is 6.54 Å². The molecule has 0 saturated heterocycles. The third-order valence-electron chi connectivity index (χ3n) is 2.21. The summed E-state index contributed by atoms with van der Waals surface area (Å²) in [4.78, 5) is 15.5. The number of rotatable bonds is 3. The molecule has 76 valence electrons. The summed E-state index contributed by atoms with van der Waals surface area (Å²) in [5, 5.41) is 2.86. The number of hydrogen-bond acceptors (Lipinski definition) is 4. The number of aromatic nitrogens is 1. The van der Waals surface area contributed by atoms with E-state index in [9.17, 15) is 4.91 Å². The second-order valence-electron chi connectivity index (χ2n) is 3.25. The predicted molar refractivity (Wildman–Crippen MR) is 61.8 cm³/mol. The van der Waals surface area contributed by atoms with Gasteiger partial charge in [0.05, 0.1) is 16.1 Å². The van der Waals surface area contributed by atoms with Crippen LogP contribution in [-0.4, -0.2) is 4.98 Å². The Balaban J connectivity index is 2.31. The lowest BCUT2D eigenvalue weighted by atomic mass is 10.1. The molecule has 0 unspecified atom stereocenters. The Labute approximate surface area is 91.8 Å². The molecule has 1 aromatic heterocycles. The minimum Gasteiger partial charge on any atom is -0.249 e. The molecule has 0 aliphatic rings. The van der Waals surface area contributed by atoms with Crippen molar-refractivity contribution in [3.05, 3.63) is 45.9 Å². The molecule has 0 aliphatic heterocycles. The summed E-state index contributed by atoms with van der Waals surface area (Å²) in [6.07, 6.45) is 0. The van der Waals surface area contributed by atoms with Crippen molar-refractivity contribution in [2.75, 3.05) is 0 Å². The maximum atomic E-state index is 10.1. The summed E-state index contributed by atoms with van der Waals surface area (Å²) in [5.74, 6) is 0. The Bertz CT molecular complexity index is 462. The lowest BCUT2D eigenvalue weighted by Crippen LogP contribution is -1.82. The highest BCUT2D eigenvalue weighted by Crippen LogP contribution is 2.27. The Kier molecular flexibility index (Phi) is 2.87. The lowest BCUT2D eigenvalue weighted by Gasteiger charge is -1.99. The molecule has 2 aromatic rings. The van der Waals surface area contributed by atoms with Gasteiger partial charge >= 0.3 is 0 Å². The molecule has 0 atom stereocenters. The second kappa shape index (κ2) is 4.31. The van der Waals surface area contributed by atoms with Gasteiger partial charge in [-0.3, -0.25) is 0 Å². The summed E-state index contributed by atoms with van der Waals surface area (Å²) in [5.41, 5.74) is 4.97. The second-order valence-corrected chi connectivity index (χ2v) is 4.11. The third-order valence-corrected chi connectivity index (χ3v) is 3.19. The van der Waals surface area contributed by atoms with Crippen LogP contribution in [-0.2, 0) is 6.54 Å². The highest BCUT2D eigenvalue weighted by Gasteiger charge is 2.04. The Hall–Kier alpha value is -1.55. The van der Waals surface area contributed by atoms with E-state index in [1.54, 1.807) is 11.3 Å². The molecule has 1 heterocycles. The number of aryl methyl sites for hydroxylation is 1. The van der Waals surface area contributed by atoms with Gasteiger partial charge in [-0.25, -0.2) is 4.98 Å². The highest BCUT2D eigenvalue weighted by molar-refractivity contribution is 7.13. The molecule has 0 spiro atoms. The van der Waals surface area contributed by atoms with Crippen LogP contribution in [0.15, 0.2) is 35.0 Å². The smallest absolute Gasteiger partial charge is 0.106 e. The Morgan fingerprint density at radius 1 is 1.33 bits per heavy atom. The van der Waals surface area contributed by atoms with E-state index in [-0.39, 0.29) is 6.54 Å². The molecular formula is C11H10N2OS. The number of hydrogen-bond donors (Lipinski definition) is 0. The van der Waals surface area contributed by atoms with Gasteiger partial charge in [-0.15, -0.1) is 11.3 Å². The standard InChI is InChI=1S/C11H10N2OS/c1-8-11(15-7-12-8)10-4-2-9(3-5-10)6-13-14/h2-5,7H,6H2,1H3. The first kappa shape index (κ1) is 9.98. The molecule has 0 radical (unpaired) electrons. The number of nitrogens with zero attached hydrogens (tertiary/aromatic N) is 2. The van der Waals surface area contributed by atoms with Crippen LogP contribution < -0.4 is 0 Å². The predicted octanol–water partition coefficient (Wildman–Crippen LogP) is 3.38. The van der Waals surface area contributed by atoms with E-state index in [0.29, 0.717) is 0 Å². The zero-order valence-corrected chi connectivity index (χ0v) is 9.12. The average molecular weight is 218 g/mol. The fourth-order valence-corrected chi connectivity index (χ4v) is 2.23. The van der Waals surface area contributed by atoms with E-state index in [2.05, 4.69) is 10.2 Å². The van der Waals surface area contributed by atoms with Crippen molar-refractivity contribution in [1.82, 2.24) is 4.98 Å². The normalized spacial score (nSPS) is 10.2. The first-order chi connectivity index (χ1) is 7.31. The summed E-state index contributed by atoms with van der Waals surface area (Å²) < 4.78 is 0. The average Bonchev–Trinajstić information content (AvgIpc) is 2.66. The monoisotopic (exact) mass is 218 g/mol. The van der Waals surface area contributed by atoms with Gasteiger partial charge in [-0.05, 0) is 18.1 Å². The van der Waals surface area contributed by atoms with E-state index in [1.807, 2.05) is 36.7 Å². The van der Waals surface area contributed by atoms with E-state index in [0.717, 1.165) is 16.8 Å². The van der Waals surface area contributed by atoms with Gasteiger partial charge < -0.3 is 0 Å². The van der Waals surface area contributed by atoms with Crippen LogP contribution in [0.3, 0.4) is 0 Å². The van der Waals surface area contributed by atoms with E-state index >= 15 is 0 Å². The van der Waals surface area contributed by atoms with Gasteiger partial charge in [-0.2, -0.15) is 4.91 Å². The Morgan fingerprint density at radius 3 is 2.60 bits per heavy atom. The summed E-state index contributed by atoms with van der Waals surface area (Å²) >= 11 is 1.63. The van der Waals surface area contributed by atoms with Gasteiger partial charge in [0.15, 0.2) is 0 Å². The summed E-state index contributed by atoms with van der Waals surface area (Å²) in [6, 6.07) is 7.86. The number of benzene rings is 1. The molecule has 2 rings (SSSR count). The lowest BCUT2D eigenvalue weighted by molar-refractivity contribution is 1.06. The molecule has 0 amide bonds. The molecule has 1 aromatic carbocycles. The minimum absolute atomic E-state index is 0.238. The van der Waals surface area contributed by atoms with Crippen molar-refractivity contribution < 1.29 is 0 Å². The molecule has 4 heteroatoms. The number of thiazole rings is 1. The SMILES string of the molecule is Cc1ncsc1-c1ccc(CN=O)cc1. The van der Waals surface area contributed by atoms with E-state index in [4.69, 9.17) is 0 Å². The topological polar surface area (TPSA) is 42.3 Å². The molecule has 0 aliphatic carbocycles. The van der Waals surface area contributed by atoms with Crippen molar-refractivity contribution in [2.24, 2.45) is 5.18 Å². The van der Waals surface area contributed by atoms with E-state index in [1.165, 1.54) is 4.88 Å². The quantitative estimate of drug-likeness (QED) is 0.741. The van der Waals surface area contributed by atoms with Crippen molar-refractivity contribution in [1.29, 1.82) is 0 Å². The van der Waals surface area contributed by atoms with Crippen LogP contribution >= 0.6 is 11.3 Å². The van der Waals surface area contributed by atoms with Crippen LogP contribution in [0.2, 0.25) is 0 Å². The van der Waals surface area contributed by atoms with Gasteiger partial charge in [0.25, 0.3) is 0 Å². The van der Waals surface area contributed by atoms with Crippen LogP contribution in [0, 0.1) is 11.8 Å².